The van der Waals surface area contributed by atoms with Crippen LogP contribution in [-0.2, 0) is 14.2 Å². The van der Waals surface area contributed by atoms with E-state index in [4.69, 9.17) is 33.2 Å². The van der Waals surface area contributed by atoms with Gasteiger partial charge in [-0.15, -0.1) is 0 Å². The topological polar surface area (TPSA) is 348 Å². The van der Waals surface area contributed by atoms with Gasteiger partial charge in [0.1, 0.15) is 114 Å². The molecule has 0 amide bonds. The average Bonchev–Trinajstić information content (AvgIpc) is 3.72. The molecule has 4 aromatic carbocycles. The highest BCUT2D eigenvalue weighted by Gasteiger charge is 2.47. The number of hydrogen-bond acceptors (Lipinski definition) is 21. The normalized spacial score (nSPS) is 35.2. The minimum absolute atomic E-state index is 0.0570. The van der Waals surface area contributed by atoms with E-state index in [9.17, 15) is 71.5 Å². The highest BCUT2D eigenvalue weighted by molar-refractivity contribution is 5.73. The molecule has 4 aromatic rings. The Kier molecular flexibility index (Phi) is 14.6. The molecule has 0 bridgehead atoms. The van der Waals surface area contributed by atoms with E-state index in [0.29, 0.717) is 27.8 Å². The molecule has 17 unspecified atom stereocenters. The molecule has 4 aliphatic heterocycles. The van der Waals surface area contributed by atoms with Crippen LogP contribution in [0.25, 0.3) is 12.2 Å². The number of fused-ring (bicyclic) bond motifs is 1. The van der Waals surface area contributed by atoms with Gasteiger partial charge in [-0.25, -0.2) is 0 Å². The number of phenolic OH excluding ortho intramolecular Hbond substituents is 2. The molecule has 0 saturated carbocycles. The predicted molar refractivity (Wildman–Crippen MR) is 226 cm³/mol. The van der Waals surface area contributed by atoms with Crippen molar-refractivity contribution >= 4 is 12.2 Å². The van der Waals surface area contributed by atoms with E-state index in [0.717, 1.165) is 0 Å². The highest BCUT2D eigenvalue weighted by Crippen LogP contribution is 2.54. The number of aliphatic hydroxyl groups is 12. The number of hydrogen-bond donors (Lipinski definition) is 14. The SMILES string of the molecule is OCC1OC(Oc2ccc(C=Cc3cc(O)c4c(c3)OC(c3ccc(OC5OC(CO)C(O)C(O)C5O)cc3)C4c3cc(O)cc(OC4OC(CO)C(O)C(O)C4O)c3)cc2)C(O)C(O)C1O. The molecule has 0 aliphatic carbocycles. The Bertz CT molecular complexity index is 2320. The third-order valence-corrected chi connectivity index (χ3v) is 12.1. The van der Waals surface area contributed by atoms with Gasteiger partial charge in [-0.05, 0) is 70.8 Å². The second-order valence-electron chi connectivity index (χ2n) is 16.6. The molecule has 21 nitrogen and oxygen atoms in total. The molecule has 4 aliphatic rings. The van der Waals surface area contributed by atoms with Crippen LogP contribution in [0.4, 0.5) is 0 Å². The molecule has 3 saturated heterocycles. The Hall–Kier alpha value is -5.18. The summed E-state index contributed by atoms with van der Waals surface area (Å²) in [5.74, 6) is -0.768. The maximum atomic E-state index is 11.7. The summed E-state index contributed by atoms with van der Waals surface area (Å²) in [6.07, 6.45) is -20.3. The maximum Gasteiger partial charge on any atom is 0.229 e. The highest BCUT2D eigenvalue weighted by atomic mass is 16.7. The minimum atomic E-state index is -1.76. The summed E-state index contributed by atoms with van der Waals surface area (Å²) in [6, 6.07) is 20.1. The summed E-state index contributed by atoms with van der Waals surface area (Å²) in [5.41, 5.74) is 2.35. The summed E-state index contributed by atoms with van der Waals surface area (Å²) < 4.78 is 40.3. The second-order valence-corrected chi connectivity index (χ2v) is 16.6. The number of aliphatic hydroxyl groups excluding tert-OH is 12. The molecule has 0 spiro atoms. The van der Waals surface area contributed by atoms with Gasteiger partial charge in [0.2, 0.25) is 18.9 Å². The molecule has 3 fully saturated rings. The maximum absolute atomic E-state index is 11.7. The lowest BCUT2D eigenvalue weighted by molar-refractivity contribution is -0.277. The van der Waals surface area contributed by atoms with Crippen molar-refractivity contribution in [3.8, 4) is 34.5 Å². The number of phenols is 2. The van der Waals surface area contributed by atoms with Crippen LogP contribution in [0.5, 0.6) is 34.5 Å². The molecule has 0 radical (unpaired) electrons. The molecule has 362 valence electrons. The number of rotatable bonds is 13. The fourth-order valence-corrected chi connectivity index (χ4v) is 8.43. The molecule has 8 rings (SSSR count). The lowest BCUT2D eigenvalue weighted by atomic mass is 9.84. The van der Waals surface area contributed by atoms with Crippen LogP contribution in [0.15, 0.2) is 78.9 Å². The van der Waals surface area contributed by atoms with Gasteiger partial charge >= 0.3 is 0 Å². The largest absolute Gasteiger partial charge is 0.508 e. The Morgan fingerprint density at radius 3 is 1.37 bits per heavy atom. The van der Waals surface area contributed by atoms with Crippen molar-refractivity contribution < 1.29 is 105 Å². The fourth-order valence-electron chi connectivity index (χ4n) is 8.43. The first kappa shape index (κ1) is 48.3. The third-order valence-electron chi connectivity index (χ3n) is 12.1. The van der Waals surface area contributed by atoms with E-state index in [2.05, 4.69) is 0 Å². The van der Waals surface area contributed by atoms with Crippen LogP contribution in [0.1, 0.15) is 39.8 Å². The van der Waals surface area contributed by atoms with Crippen LogP contribution in [-0.4, -0.2) is 183 Å². The Balaban J connectivity index is 1.07. The number of ether oxygens (including phenoxy) is 7. The van der Waals surface area contributed by atoms with Crippen LogP contribution < -0.4 is 18.9 Å². The third kappa shape index (κ3) is 9.90. The minimum Gasteiger partial charge on any atom is -0.508 e. The quantitative estimate of drug-likeness (QED) is 0.0649. The van der Waals surface area contributed by atoms with E-state index >= 15 is 0 Å². The van der Waals surface area contributed by atoms with Gasteiger partial charge in [-0.3, -0.25) is 0 Å². The Morgan fingerprint density at radius 1 is 0.448 bits per heavy atom. The lowest BCUT2D eigenvalue weighted by Crippen LogP contribution is -2.60. The first-order valence-corrected chi connectivity index (χ1v) is 21.3. The van der Waals surface area contributed by atoms with Crippen molar-refractivity contribution in [3.05, 3.63) is 107 Å². The average molecular weight is 941 g/mol. The van der Waals surface area contributed by atoms with Crippen molar-refractivity contribution in [1.82, 2.24) is 0 Å². The monoisotopic (exact) mass is 940 g/mol. The van der Waals surface area contributed by atoms with Gasteiger partial charge in [-0.2, -0.15) is 0 Å². The smallest absolute Gasteiger partial charge is 0.229 e. The second kappa shape index (κ2) is 20.2. The van der Waals surface area contributed by atoms with Gasteiger partial charge < -0.3 is 105 Å². The lowest BCUT2D eigenvalue weighted by Gasteiger charge is -2.39. The zero-order valence-electron chi connectivity index (χ0n) is 35.2. The van der Waals surface area contributed by atoms with Crippen LogP contribution >= 0.6 is 0 Å². The van der Waals surface area contributed by atoms with Gasteiger partial charge in [0.15, 0.2) is 0 Å². The van der Waals surface area contributed by atoms with Crippen molar-refractivity contribution in [3.63, 3.8) is 0 Å². The van der Waals surface area contributed by atoms with E-state index in [1.165, 1.54) is 36.4 Å². The summed E-state index contributed by atoms with van der Waals surface area (Å²) in [7, 11) is 0. The molecule has 14 N–H and O–H groups in total. The van der Waals surface area contributed by atoms with Crippen LogP contribution in [0.3, 0.4) is 0 Å². The predicted octanol–water partition coefficient (Wildman–Crippen LogP) is -1.93. The van der Waals surface area contributed by atoms with E-state index in [-0.39, 0.29) is 34.5 Å². The van der Waals surface area contributed by atoms with Crippen LogP contribution in [0, 0.1) is 0 Å². The van der Waals surface area contributed by atoms with Gasteiger partial charge in [-0.1, -0.05) is 36.4 Å². The van der Waals surface area contributed by atoms with E-state index in [1.807, 2.05) is 0 Å². The number of aromatic hydroxyl groups is 2. The van der Waals surface area contributed by atoms with E-state index < -0.39 is 124 Å². The molecular formula is C46H52O21. The first-order valence-electron chi connectivity index (χ1n) is 21.3. The van der Waals surface area contributed by atoms with Gasteiger partial charge in [0.25, 0.3) is 0 Å². The molecular weight excluding hydrogens is 888 g/mol. The standard InChI is InChI=1S/C46H52O21/c47-16-29-34(52)37(55)40(58)44(65-29)61-24-7-3-19(4-8-24)1-2-20-11-27(51)33-28(12-20)64-43(21-5-9-25(10-6-21)62-45-41(59)38(56)35(53)30(17-48)66-45)32(33)22-13-23(50)15-26(14-22)63-46-42(60)39(57)36(54)31(18-49)67-46/h1-15,29-32,34-60H,16-18H2. The van der Waals surface area contributed by atoms with Gasteiger partial charge in [0.05, 0.1) is 25.7 Å². The zero-order chi connectivity index (χ0) is 47.8. The Labute approximate surface area is 381 Å². The molecule has 21 heteroatoms. The summed E-state index contributed by atoms with van der Waals surface area (Å²) in [5, 5.41) is 144. The Morgan fingerprint density at radius 2 is 0.896 bits per heavy atom. The van der Waals surface area contributed by atoms with Crippen molar-refractivity contribution in [2.24, 2.45) is 0 Å². The molecule has 17 atom stereocenters. The van der Waals surface area contributed by atoms with Crippen molar-refractivity contribution in [2.75, 3.05) is 19.8 Å². The van der Waals surface area contributed by atoms with E-state index in [1.54, 1.807) is 54.6 Å². The van der Waals surface area contributed by atoms with Crippen molar-refractivity contribution in [1.29, 1.82) is 0 Å². The summed E-state index contributed by atoms with van der Waals surface area (Å²) >= 11 is 0. The zero-order valence-corrected chi connectivity index (χ0v) is 35.2. The first-order chi connectivity index (χ1) is 32.1. The molecule has 4 heterocycles. The number of benzene rings is 4. The summed E-state index contributed by atoms with van der Waals surface area (Å²) in [4.78, 5) is 0. The van der Waals surface area contributed by atoms with Gasteiger partial charge in [0, 0.05) is 11.6 Å². The van der Waals surface area contributed by atoms with Crippen molar-refractivity contribution in [2.45, 2.75) is 104 Å². The summed E-state index contributed by atoms with van der Waals surface area (Å²) in [6.45, 7) is -1.97. The van der Waals surface area contributed by atoms with Crippen LogP contribution in [0.2, 0.25) is 0 Å². The fraction of sp³-hybridized carbons (Fsp3) is 0.435. The molecule has 67 heavy (non-hydrogen) atoms. The molecule has 0 aromatic heterocycles.